The van der Waals surface area contributed by atoms with Gasteiger partial charge in [0.05, 0.1) is 6.26 Å². The van der Waals surface area contributed by atoms with Gasteiger partial charge in [0.2, 0.25) is 10.0 Å². The lowest BCUT2D eigenvalue weighted by molar-refractivity contribution is 0.182. The Morgan fingerprint density at radius 1 is 1.26 bits per heavy atom. The first kappa shape index (κ1) is 14.2. The molecule has 2 rings (SSSR count). The maximum Gasteiger partial charge on any atom is 0.211 e. The van der Waals surface area contributed by atoms with E-state index in [1.54, 1.807) is 0 Å². The van der Waals surface area contributed by atoms with Crippen molar-refractivity contribution in [1.29, 1.82) is 0 Å². The number of rotatable bonds is 4. The zero-order chi connectivity index (χ0) is 13.9. The summed E-state index contributed by atoms with van der Waals surface area (Å²) in [7, 11) is -1.21. The zero-order valence-electron chi connectivity index (χ0n) is 11.3. The molecular formula is C12H20N4O2S. The van der Waals surface area contributed by atoms with Crippen molar-refractivity contribution in [2.75, 3.05) is 44.8 Å². The predicted molar refractivity (Wildman–Crippen MR) is 75.5 cm³/mol. The third-order valence-electron chi connectivity index (χ3n) is 3.29. The number of piperazine rings is 1. The Hall–Kier alpha value is -1.18. The van der Waals surface area contributed by atoms with Crippen LogP contribution in [0.4, 0.5) is 5.82 Å². The van der Waals surface area contributed by atoms with E-state index >= 15 is 0 Å². The van der Waals surface area contributed by atoms with Gasteiger partial charge in [-0.1, -0.05) is 6.07 Å². The van der Waals surface area contributed by atoms with Gasteiger partial charge in [0.1, 0.15) is 5.82 Å². The largest absolute Gasteiger partial charge is 0.373 e. The Bertz CT molecular complexity index is 507. The van der Waals surface area contributed by atoms with Crippen LogP contribution in [0.25, 0.3) is 0 Å². The number of sulfonamides is 1. The molecule has 1 aliphatic heterocycles. The number of nitrogens with one attached hydrogen (secondary N) is 1. The molecule has 1 aromatic heterocycles. The molecule has 1 N–H and O–H groups in total. The summed E-state index contributed by atoms with van der Waals surface area (Å²) in [5, 5.41) is 2.98. The molecule has 0 unspecified atom stereocenters. The average molecular weight is 284 g/mol. The standard InChI is InChI=1S/C12H20N4O2S/c1-13-12-4-3-11(9-14-12)10-15-5-7-16(8-6-15)19(2,17)18/h3-4,9H,5-8,10H2,1-2H3,(H,13,14). The van der Waals surface area contributed by atoms with Gasteiger partial charge in [0.25, 0.3) is 0 Å². The van der Waals surface area contributed by atoms with Crippen LogP contribution < -0.4 is 5.32 Å². The minimum absolute atomic E-state index is 0.570. The summed E-state index contributed by atoms with van der Waals surface area (Å²) in [5.74, 6) is 0.852. The fourth-order valence-corrected chi connectivity index (χ4v) is 2.97. The van der Waals surface area contributed by atoms with Gasteiger partial charge in [-0.05, 0) is 11.6 Å². The van der Waals surface area contributed by atoms with Crippen LogP contribution in [0.2, 0.25) is 0 Å². The zero-order valence-corrected chi connectivity index (χ0v) is 12.2. The van der Waals surface area contributed by atoms with Crippen LogP contribution in [0.5, 0.6) is 0 Å². The minimum atomic E-state index is -3.05. The van der Waals surface area contributed by atoms with E-state index in [2.05, 4.69) is 15.2 Å². The van der Waals surface area contributed by atoms with Crippen molar-refractivity contribution in [3.8, 4) is 0 Å². The van der Waals surface area contributed by atoms with E-state index in [4.69, 9.17) is 0 Å². The fourth-order valence-electron chi connectivity index (χ4n) is 2.14. The summed E-state index contributed by atoms with van der Waals surface area (Å²) >= 11 is 0. The second-order valence-electron chi connectivity index (χ2n) is 4.74. The summed E-state index contributed by atoms with van der Waals surface area (Å²) in [4.78, 5) is 6.52. The first-order chi connectivity index (χ1) is 8.99. The molecule has 0 saturated carbocycles. The number of hydrogen-bond donors (Lipinski definition) is 1. The Kier molecular flexibility index (Phi) is 4.38. The molecular weight excluding hydrogens is 264 g/mol. The van der Waals surface area contributed by atoms with Crippen molar-refractivity contribution in [1.82, 2.24) is 14.2 Å². The molecule has 106 valence electrons. The third-order valence-corrected chi connectivity index (χ3v) is 4.59. The SMILES string of the molecule is CNc1ccc(CN2CCN(S(C)(=O)=O)CC2)cn1. The summed E-state index contributed by atoms with van der Waals surface area (Å²) in [6, 6.07) is 3.99. The number of anilines is 1. The minimum Gasteiger partial charge on any atom is -0.373 e. The van der Waals surface area contributed by atoms with E-state index < -0.39 is 10.0 Å². The highest BCUT2D eigenvalue weighted by Crippen LogP contribution is 2.11. The predicted octanol–water partition coefficient (Wildman–Crippen LogP) is 0.201. The van der Waals surface area contributed by atoms with Gasteiger partial charge in [0, 0.05) is 46.0 Å². The van der Waals surface area contributed by atoms with E-state index in [9.17, 15) is 8.42 Å². The molecule has 19 heavy (non-hydrogen) atoms. The van der Waals surface area contributed by atoms with Crippen molar-refractivity contribution in [3.05, 3.63) is 23.9 Å². The normalized spacial score (nSPS) is 18.4. The van der Waals surface area contributed by atoms with E-state index in [0.29, 0.717) is 13.1 Å². The van der Waals surface area contributed by atoms with E-state index in [1.165, 1.54) is 10.6 Å². The van der Waals surface area contributed by atoms with Crippen molar-refractivity contribution in [2.45, 2.75) is 6.54 Å². The quantitative estimate of drug-likeness (QED) is 0.855. The molecule has 0 aromatic carbocycles. The maximum atomic E-state index is 11.4. The van der Waals surface area contributed by atoms with Crippen molar-refractivity contribution in [2.24, 2.45) is 0 Å². The molecule has 6 nitrogen and oxygen atoms in total. The van der Waals surface area contributed by atoms with Gasteiger partial charge in [0.15, 0.2) is 0 Å². The highest BCUT2D eigenvalue weighted by Gasteiger charge is 2.23. The molecule has 1 saturated heterocycles. The Morgan fingerprint density at radius 3 is 2.42 bits per heavy atom. The van der Waals surface area contributed by atoms with Gasteiger partial charge < -0.3 is 5.32 Å². The topological polar surface area (TPSA) is 65.5 Å². The van der Waals surface area contributed by atoms with Crippen molar-refractivity contribution in [3.63, 3.8) is 0 Å². The molecule has 2 heterocycles. The molecule has 0 radical (unpaired) electrons. The maximum absolute atomic E-state index is 11.4. The number of nitrogens with zero attached hydrogens (tertiary/aromatic N) is 3. The van der Waals surface area contributed by atoms with Crippen LogP contribution >= 0.6 is 0 Å². The molecule has 1 fully saturated rings. The Balaban J connectivity index is 1.88. The Labute approximate surface area is 114 Å². The molecule has 0 bridgehead atoms. The fraction of sp³-hybridized carbons (Fsp3) is 0.583. The second kappa shape index (κ2) is 5.85. The molecule has 0 spiro atoms. The number of aromatic nitrogens is 1. The van der Waals surface area contributed by atoms with E-state index in [1.807, 2.05) is 25.4 Å². The van der Waals surface area contributed by atoms with E-state index in [0.717, 1.165) is 31.0 Å². The molecule has 1 aromatic rings. The van der Waals surface area contributed by atoms with Crippen LogP contribution in [0.1, 0.15) is 5.56 Å². The third kappa shape index (κ3) is 3.89. The van der Waals surface area contributed by atoms with E-state index in [-0.39, 0.29) is 0 Å². The van der Waals surface area contributed by atoms with Gasteiger partial charge in [-0.15, -0.1) is 0 Å². The van der Waals surface area contributed by atoms with Crippen LogP contribution in [0.3, 0.4) is 0 Å². The van der Waals surface area contributed by atoms with Crippen LogP contribution in [0, 0.1) is 0 Å². The van der Waals surface area contributed by atoms with Gasteiger partial charge in [-0.2, -0.15) is 4.31 Å². The van der Waals surface area contributed by atoms with Crippen LogP contribution in [-0.2, 0) is 16.6 Å². The lowest BCUT2D eigenvalue weighted by Gasteiger charge is -2.33. The molecule has 0 amide bonds. The van der Waals surface area contributed by atoms with Crippen LogP contribution in [0.15, 0.2) is 18.3 Å². The first-order valence-electron chi connectivity index (χ1n) is 6.29. The monoisotopic (exact) mass is 284 g/mol. The first-order valence-corrected chi connectivity index (χ1v) is 8.14. The van der Waals surface area contributed by atoms with Gasteiger partial charge in [-0.3, -0.25) is 4.90 Å². The molecule has 1 aliphatic rings. The number of hydrogen-bond acceptors (Lipinski definition) is 5. The summed E-state index contributed by atoms with van der Waals surface area (Å²) < 4.78 is 24.4. The van der Waals surface area contributed by atoms with Crippen molar-refractivity contribution >= 4 is 15.8 Å². The molecule has 0 atom stereocenters. The van der Waals surface area contributed by atoms with Gasteiger partial charge >= 0.3 is 0 Å². The second-order valence-corrected chi connectivity index (χ2v) is 6.72. The number of pyridine rings is 1. The summed E-state index contributed by atoms with van der Waals surface area (Å²) in [6.45, 7) is 3.48. The lowest BCUT2D eigenvalue weighted by atomic mass is 10.2. The molecule has 7 heteroatoms. The highest BCUT2D eigenvalue weighted by molar-refractivity contribution is 7.88. The highest BCUT2D eigenvalue weighted by atomic mass is 32.2. The van der Waals surface area contributed by atoms with Crippen molar-refractivity contribution < 1.29 is 8.42 Å². The van der Waals surface area contributed by atoms with Crippen LogP contribution in [-0.4, -0.2) is 62.1 Å². The lowest BCUT2D eigenvalue weighted by Crippen LogP contribution is -2.47. The summed E-state index contributed by atoms with van der Waals surface area (Å²) in [5.41, 5.74) is 1.15. The smallest absolute Gasteiger partial charge is 0.211 e. The van der Waals surface area contributed by atoms with Gasteiger partial charge in [-0.25, -0.2) is 13.4 Å². The Morgan fingerprint density at radius 2 is 1.95 bits per heavy atom. The average Bonchev–Trinajstić information content (AvgIpc) is 2.39. The summed E-state index contributed by atoms with van der Waals surface area (Å²) in [6.07, 6.45) is 3.12. The molecule has 0 aliphatic carbocycles.